The van der Waals surface area contributed by atoms with Gasteiger partial charge in [-0.3, -0.25) is 14.9 Å². The van der Waals surface area contributed by atoms with Crippen molar-refractivity contribution in [2.75, 3.05) is 5.32 Å². The molecule has 0 aliphatic heterocycles. The maximum atomic E-state index is 12.5. The Labute approximate surface area is 169 Å². The number of fused-ring (bicyclic) bond motifs is 1. The molecule has 1 aliphatic rings. The molecule has 3 aromatic rings. The number of rotatable bonds is 4. The highest BCUT2D eigenvalue weighted by atomic mass is 35.5. The van der Waals surface area contributed by atoms with Gasteiger partial charge in [0.25, 0.3) is 11.5 Å². The van der Waals surface area contributed by atoms with Crippen LogP contribution in [0.1, 0.15) is 38.5 Å². The molecule has 1 amide bonds. The molecular formula is C19H15Cl2N3O2S. The third kappa shape index (κ3) is 3.78. The Morgan fingerprint density at radius 3 is 3.00 bits per heavy atom. The summed E-state index contributed by atoms with van der Waals surface area (Å²) < 4.78 is 0. The molecule has 0 atom stereocenters. The molecule has 0 fully saturated rings. The van der Waals surface area contributed by atoms with Crippen LogP contribution in [0.4, 0.5) is 5.13 Å². The number of thiazole rings is 1. The fourth-order valence-corrected chi connectivity index (χ4v) is 4.38. The minimum Gasteiger partial charge on any atom is -0.325 e. The SMILES string of the molecule is O=C(Nc1ncc(Cc2cccc(Cl)c2Cl)s1)c1cc2c([nH]c1=O)CCC2. The van der Waals surface area contributed by atoms with Crippen LogP contribution in [0.2, 0.25) is 10.0 Å². The Bertz CT molecular complexity index is 1090. The summed E-state index contributed by atoms with van der Waals surface area (Å²) in [5.41, 5.74) is 2.61. The number of nitrogens with zero attached hydrogens (tertiary/aromatic N) is 1. The van der Waals surface area contributed by atoms with Crippen molar-refractivity contribution < 1.29 is 4.79 Å². The average Bonchev–Trinajstić information content (AvgIpc) is 3.27. The van der Waals surface area contributed by atoms with E-state index in [1.807, 2.05) is 12.1 Å². The van der Waals surface area contributed by atoms with Crippen molar-refractivity contribution in [3.05, 3.63) is 78.1 Å². The molecule has 8 heteroatoms. The lowest BCUT2D eigenvalue weighted by Gasteiger charge is -2.04. The van der Waals surface area contributed by atoms with E-state index in [1.165, 1.54) is 11.3 Å². The molecule has 2 N–H and O–H groups in total. The van der Waals surface area contributed by atoms with Crippen LogP contribution in [0.5, 0.6) is 0 Å². The van der Waals surface area contributed by atoms with Gasteiger partial charge in [-0.15, -0.1) is 11.3 Å². The number of H-pyrrole nitrogens is 1. The number of carbonyl (C=O) groups excluding carboxylic acids is 1. The van der Waals surface area contributed by atoms with Crippen molar-refractivity contribution in [1.29, 1.82) is 0 Å². The van der Waals surface area contributed by atoms with Crippen LogP contribution < -0.4 is 10.9 Å². The molecule has 5 nitrogen and oxygen atoms in total. The van der Waals surface area contributed by atoms with Gasteiger partial charge in [0.15, 0.2) is 5.13 Å². The number of benzene rings is 1. The molecule has 27 heavy (non-hydrogen) atoms. The van der Waals surface area contributed by atoms with Gasteiger partial charge in [-0.05, 0) is 42.5 Å². The number of aromatic nitrogens is 2. The highest BCUT2D eigenvalue weighted by Gasteiger charge is 2.19. The third-order valence-corrected chi connectivity index (χ3v) is 6.27. The van der Waals surface area contributed by atoms with E-state index in [-0.39, 0.29) is 11.1 Å². The zero-order chi connectivity index (χ0) is 19.0. The van der Waals surface area contributed by atoms with Gasteiger partial charge in [-0.2, -0.15) is 0 Å². The van der Waals surface area contributed by atoms with E-state index in [0.717, 1.165) is 41.0 Å². The van der Waals surface area contributed by atoms with Crippen molar-refractivity contribution >= 4 is 45.6 Å². The van der Waals surface area contributed by atoms with Crippen LogP contribution >= 0.6 is 34.5 Å². The molecule has 1 aromatic carbocycles. The van der Waals surface area contributed by atoms with E-state index in [0.29, 0.717) is 21.6 Å². The van der Waals surface area contributed by atoms with E-state index in [9.17, 15) is 9.59 Å². The van der Waals surface area contributed by atoms with Crippen LogP contribution in [0, 0.1) is 0 Å². The quantitative estimate of drug-likeness (QED) is 0.654. The average molecular weight is 420 g/mol. The van der Waals surface area contributed by atoms with Crippen molar-refractivity contribution in [1.82, 2.24) is 9.97 Å². The summed E-state index contributed by atoms with van der Waals surface area (Å²) >= 11 is 13.6. The maximum Gasteiger partial charge on any atom is 0.263 e. The topological polar surface area (TPSA) is 74.8 Å². The van der Waals surface area contributed by atoms with Crippen LogP contribution in [0.25, 0.3) is 0 Å². The summed E-state index contributed by atoms with van der Waals surface area (Å²) in [6, 6.07) is 7.17. The van der Waals surface area contributed by atoms with Gasteiger partial charge < -0.3 is 4.98 Å². The van der Waals surface area contributed by atoms with Gasteiger partial charge in [-0.25, -0.2) is 4.98 Å². The lowest BCUT2D eigenvalue weighted by atomic mass is 10.1. The Morgan fingerprint density at radius 1 is 1.30 bits per heavy atom. The molecule has 2 heterocycles. The second kappa shape index (κ2) is 7.46. The van der Waals surface area contributed by atoms with Crippen LogP contribution in [0.15, 0.2) is 35.3 Å². The van der Waals surface area contributed by atoms with Crippen molar-refractivity contribution in [3.63, 3.8) is 0 Å². The lowest BCUT2D eigenvalue weighted by Crippen LogP contribution is -2.24. The number of nitrogens with one attached hydrogen (secondary N) is 2. The minimum absolute atomic E-state index is 0.116. The second-order valence-corrected chi connectivity index (χ2v) is 8.25. The molecule has 0 bridgehead atoms. The van der Waals surface area contributed by atoms with E-state index in [1.54, 1.807) is 18.3 Å². The highest BCUT2D eigenvalue weighted by molar-refractivity contribution is 7.15. The molecule has 0 radical (unpaired) electrons. The second-order valence-electron chi connectivity index (χ2n) is 6.35. The first-order valence-electron chi connectivity index (χ1n) is 8.45. The first-order valence-corrected chi connectivity index (χ1v) is 10.0. The maximum absolute atomic E-state index is 12.5. The predicted octanol–water partition coefficient (Wildman–Crippen LogP) is 4.47. The van der Waals surface area contributed by atoms with Crippen molar-refractivity contribution in [3.8, 4) is 0 Å². The largest absolute Gasteiger partial charge is 0.325 e. The van der Waals surface area contributed by atoms with Gasteiger partial charge in [0.1, 0.15) is 5.56 Å². The van der Waals surface area contributed by atoms with E-state index >= 15 is 0 Å². The normalized spacial score (nSPS) is 12.8. The third-order valence-electron chi connectivity index (χ3n) is 4.50. The lowest BCUT2D eigenvalue weighted by molar-refractivity contribution is 0.102. The molecule has 4 rings (SSSR count). The van der Waals surface area contributed by atoms with Gasteiger partial charge >= 0.3 is 0 Å². The molecule has 0 spiro atoms. The molecule has 1 aliphatic carbocycles. The monoisotopic (exact) mass is 419 g/mol. The first-order chi connectivity index (χ1) is 13.0. The molecule has 138 valence electrons. The summed E-state index contributed by atoms with van der Waals surface area (Å²) in [5, 5.41) is 4.17. The number of aromatic amines is 1. The van der Waals surface area contributed by atoms with Gasteiger partial charge in [0, 0.05) is 23.2 Å². The standard InChI is InChI=1S/C19H15Cl2N3O2S/c20-14-5-1-4-11(16(14)21)7-12-9-22-19(27-12)24-18(26)13-8-10-3-2-6-15(10)23-17(13)25/h1,4-5,8-9H,2-3,6-7H2,(H,23,25)(H,22,24,26). The number of pyridine rings is 1. The number of hydrogen-bond acceptors (Lipinski definition) is 4. The van der Waals surface area contributed by atoms with Crippen molar-refractivity contribution in [2.24, 2.45) is 0 Å². The molecule has 2 aromatic heterocycles. The number of carbonyl (C=O) groups is 1. The van der Waals surface area contributed by atoms with E-state index in [2.05, 4.69) is 15.3 Å². The minimum atomic E-state index is -0.451. The van der Waals surface area contributed by atoms with Gasteiger partial charge in [-0.1, -0.05) is 35.3 Å². The van der Waals surface area contributed by atoms with Gasteiger partial charge in [0.05, 0.1) is 10.0 Å². The van der Waals surface area contributed by atoms with Crippen LogP contribution in [0.3, 0.4) is 0 Å². The Kier molecular flexibility index (Phi) is 5.04. The van der Waals surface area contributed by atoms with Crippen LogP contribution in [-0.2, 0) is 19.3 Å². The summed E-state index contributed by atoms with van der Waals surface area (Å²) in [7, 11) is 0. The first kappa shape index (κ1) is 18.2. The fourth-order valence-electron chi connectivity index (χ4n) is 3.17. The molecular weight excluding hydrogens is 405 g/mol. The zero-order valence-electron chi connectivity index (χ0n) is 14.1. The number of halogens is 2. The zero-order valence-corrected chi connectivity index (χ0v) is 16.5. The number of amides is 1. The highest BCUT2D eigenvalue weighted by Crippen LogP contribution is 2.29. The molecule has 0 saturated carbocycles. The Morgan fingerprint density at radius 2 is 2.15 bits per heavy atom. The summed E-state index contributed by atoms with van der Waals surface area (Å²) in [5.74, 6) is -0.451. The number of anilines is 1. The molecule has 0 unspecified atom stereocenters. The Balaban J connectivity index is 1.50. The van der Waals surface area contributed by atoms with E-state index < -0.39 is 5.91 Å². The summed E-state index contributed by atoms with van der Waals surface area (Å²) in [4.78, 5) is 32.6. The smallest absolute Gasteiger partial charge is 0.263 e. The summed E-state index contributed by atoms with van der Waals surface area (Å²) in [6.07, 6.45) is 4.98. The Hall–Kier alpha value is -2.15. The summed E-state index contributed by atoms with van der Waals surface area (Å²) in [6.45, 7) is 0. The molecule has 0 saturated heterocycles. The fraction of sp³-hybridized carbons (Fsp3) is 0.211. The van der Waals surface area contributed by atoms with Crippen LogP contribution in [-0.4, -0.2) is 15.9 Å². The van der Waals surface area contributed by atoms with Crippen molar-refractivity contribution in [2.45, 2.75) is 25.7 Å². The van der Waals surface area contributed by atoms with E-state index in [4.69, 9.17) is 23.2 Å². The number of aryl methyl sites for hydroxylation is 2. The predicted molar refractivity (Wildman–Crippen MR) is 108 cm³/mol. The van der Waals surface area contributed by atoms with Gasteiger partial charge in [0.2, 0.25) is 0 Å². The number of hydrogen-bond donors (Lipinski definition) is 2.